The van der Waals surface area contributed by atoms with Gasteiger partial charge in [0.25, 0.3) is 0 Å². The average Bonchev–Trinajstić information content (AvgIpc) is 2.86. The van der Waals surface area contributed by atoms with Crippen LogP contribution in [0.25, 0.3) is 0 Å². The highest BCUT2D eigenvalue weighted by atomic mass is 35.5. The van der Waals surface area contributed by atoms with Crippen molar-refractivity contribution < 1.29 is 9.59 Å². The summed E-state index contributed by atoms with van der Waals surface area (Å²) in [6, 6.07) is 7.46. The Morgan fingerprint density at radius 3 is 2.68 bits per heavy atom. The zero-order chi connectivity index (χ0) is 15.5. The number of benzene rings is 1. The second-order valence-electron chi connectivity index (χ2n) is 5.99. The van der Waals surface area contributed by atoms with Gasteiger partial charge in [0.05, 0.1) is 11.5 Å². The summed E-state index contributed by atoms with van der Waals surface area (Å²) in [6.07, 6.45) is 0.859. The summed E-state index contributed by atoms with van der Waals surface area (Å²) >= 11 is 0. The van der Waals surface area contributed by atoms with E-state index in [9.17, 15) is 9.59 Å². The van der Waals surface area contributed by atoms with Gasteiger partial charge < -0.3 is 16.0 Å². The van der Waals surface area contributed by atoms with E-state index in [0.717, 1.165) is 30.8 Å². The fourth-order valence-electron chi connectivity index (χ4n) is 2.55. The molecule has 0 spiro atoms. The van der Waals surface area contributed by atoms with Crippen LogP contribution in [0.5, 0.6) is 0 Å². The van der Waals surface area contributed by atoms with E-state index in [1.807, 2.05) is 38.1 Å². The molecule has 1 saturated heterocycles. The molecular formula is C16H24ClN3O2. The summed E-state index contributed by atoms with van der Waals surface area (Å²) in [7, 11) is 0. The van der Waals surface area contributed by atoms with E-state index in [1.54, 1.807) is 0 Å². The second-order valence-corrected chi connectivity index (χ2v) is 5.99. The molecule has 1 aromatic carbocycles. The molecule has 2 rings (SSSR count). The minimum absolute atomic E-state index is 0. The van der Waals surface area contributed by atoms with E-state index in [-0.39, 0.29) is 35.7 Å². The number of amides is 2. The molecule has 5 nitrogen and oxygen atoms in total. The number of carbonyl (C=O) groups excluding carboxylic acids is 2. The third-order valence-electron chi connectivity index (χ3n) is 3.97. The molecule has 0 aliphatic carbocycles. The monoisotopic (exact) mass is 325 g/mol. The quantitative estimate of drug-likeness (QED) is 0.795. The van der Waals surface area contributed by atoms with Crippen LogP contribution in [0.2, 0.25) is 0 Å². The Morgan fingerprint density at radius 1 is 1.36 bits per heavy atom. The molecule has 2 amide bonds. The van der Waals surface area contributed by atoms with E-state index in [4.69, 9.17) is 0 Å². The van der Waals surface area contributed by atoms with E-state index in [0.29, 0.717) is 0 Å². The molecule has 1 fully saturated rings. The fourth-order valence-corrected chi connectivity index (χ4v) is 2.55. The Bertz CT molecular complexity index is 542. The first-order valence-electron chi connectivity index (χ1n) is 7.30. The third-order valence-corrected chi connectivity index (χ3v) is 3.97. The van der Waals surface area contributed by atoms with E-state index >= 15 is 0 Å². The SMILES string of the molecule is CC(=O)Nc1cccc(C(C)NC(=O)C2(C)CCNC2)c1.Cl. The maximum atomic E-state index is 12.4. The smallest absolute Gasteiger partial charge is 0.227 e. The standard InChI is InChI=1S/C16H23N3O2.ClH/c1-11(18-15(21)16(3)7-8-17-10-16)13-5-4-6-14(9-13)19-12(2)20;/h4-6,9,11,17H,7-8,10H2,1-3H3,(H,18,21)(H,19,20);1H. The summed E-state index contributed by atoms with van der Waals surface area (Å²) in [5, 5.41) is 9.05. The number of halogens is 1. The van der Waals surface area contributed by atoms with Crippen molar-refractivity contribution in [2.45, 2.75) is 33.2 Å². The highest BCUT2D eigenvalue weighted by Gasteiger charge is 2.36. The normalized spacial score (nSPS) is 21.6. The first-order chi connectivity index (χ1) is 9.90. The molecule has 122 valence electrons. The molecule has 0 aromatic heterocycles. The Morgan fingerprint density at radius 2 is 2.09 bits per heavy atom. The molecule has 22 heavy (non-hydrogen) atoms. The van der Waals surface area contributed by atoms with Crippen LogP contribution in [0.3, 0.4) is 0 Å². The molecule has 1 aromatic rings. The van der Waals surface area contributed by atoms with E-state index in [2.05, 4.69) is 16.0 Å². The maximum absolute atomic E-state index is 12.4. The minimum Gasteiger partial charge on any atom is -0.349 e. The van der Waals surface area contributed by atoms with Gasteiger partial charge in [-0.15, -0.1) is 12.4 Å². The largest absolute Gasteiger partial charge is 0.349 e. The van der Waals surface area contributed by atoms with Gasteiger partial charge in [-0.05, 0) is 44.5 Å². The van der Waals surface area contributed by atoms with Crippen molar-refractivity contribution >= 4 is 29.9 Å². The highest BCUT2D eigenvalue weighted by Crippen LogP contribution is 2.26. The van der Waals surface area contributed by atoms with Crippen molar-refractivity contribution in [3.8, 4) is 0 Å². The lowest BCUT2D eigenvalue weighted by Gasteiger charge is -2.25. The van der Waals surface area contributed by atoms with Gasteiger partial charge >= 0.3 is 0 Å². The van der Waals surface area contributed by atoms with Gasteiger partial charge in [-0.2, -0.15) is 0 Å². The molecule has 0 bridgehead atoms. The maximum Gasteiger partial charge on any atom is 0.227 e. The lowest BCUT2D eigenvalue weighted by atomic mass is 9.88. The van der Waals surface area contributed by atoms with Gasteiger partial charge in [0, 0.05) is 19.2 Å². The van der Waals surface area contributed by atoms with Crippen LogP contribution >= 0.6 is 12.4 Å². The summed E-state index contributed by atoms with van der Waals surface area (Å²) in [5.41, 5.74) is 1.39. The number of hydrogen-bond acceptors (Lipinski definition) is 3. The molecule has 0 saturated carbocycles. The molecule has 6 heteroatoms. The first-order valence-corrected chi connectivity index (χ1v) is 7.30. The van der Waals surface area contributed by atoms with Gasteiger partial charge in [0.2, 0.25) is 11.8 Å². The van der Waals surface area contributed by atoms with Crippen LogP contribution in [-0.2, 0) is 9.59 Å². The van der Waals surface area contributed by atoms with Crippen molar-refractivity contribution in [2.75, 3.05) is 18.4 Å². The van der Waals surface area contributed by atoms with Crippen LogP contribution in [0.15, 0.2) is 24.3 Å². The molecule has 3 N–H and O–H groups in total. The van der Waals surface area contributed by atoms with Crippen molar-refractivity contribution in [1.29, 1.82) is 0 Å². The summed E-state index contributed by atoms with van der Waals surface area (Å²) < 4.78 is 0. The topological polar surface area (TPSA) is 70.2 Å². The Hall–Kier alpha value is -1.59. The predicted octanol–water partition coefficient (Wildman–Crippen LogP) is 2.24. The van der Waals surface area contributed by atoms with Gasteiger partial charge in [-0.1, -0.05) is 12.1 Å². The highest BCUT2D eigenvalue weighted by molar-refractivity contribution is 5.88. The van der Waals surface area contributed by atoms with Gasteiger partial charge in [0.1, 0.15) is 0 Å². The van der Waals surface area contributed by atoms with Crippen molar-refractivity contribution in [2.24, 2.45) is 5.41 Å². The summed E-state index contributed by atoms with van der Waals surface area (Å²) in [6.45, 7) is 7.03. The average molecular weight is 326 g/mol. The molecule has 0 radical (unpaired) electrons. The minimum atomic E-state index is -0.330. The summed E-state index contributed by atoms with van der Waals surface area (Å²) in [4.78, 5) is 23.5. The Labute approximate surface area is 137 Å². The van der Waals surface area contributed by atoms with Crippen molar-refractivity contribution in [1.82, 2.24) is 10.6 Å². The molecule has 2 unspecified atom stereocenters. The molecule has 2 atom stereocenters. The fraction of sp³-hybridized carbons (Fsp3) is 0.500. The van der Waals surface area contributed by atoms with E-state index in [1.165, 1.54) is 6.92 Å². The van der Waals surface area contributed by atoms with Crippen LogP contribution in [0, 0.1) is 5.41 Å². The Kier molecular flexibility index (Phi) is 6.38. The molecule has 1 heterocycles. The Balaban J connectivity index is 0.00000242. The first kappa shape index (κ1) is 18.5. The number of anilines is 1. The molecular weight excluding hydrogens is 302 g/mol. The molecule has 1 aliphatic rings. The van der Waals surface area contributed by atoms with Crippen molar-refractivity contribution in [3.63, 3.8) is 0 Å². The van der Waals surface area contributed by atoms with Gasteiger partial charge in [-0.25, -0.2) is 0 Å². The zero-order valence-electron chi connectivity index (χ0n) is 13.2. The number of hydrogen-bond donors (Lipinski definition) is 3. The van der Waals surface area contributed by atoms with Crippen LogP contribution in [0.1, 0.15) is 38.8 Å². The zero-order valence-corrected chi connectivity index (χ0v) is 14.0. The lowest BCUT2D eigenvalue weighted by Crippen LogP contribution is -2.41. The van der Waals surface area contributed by atoms with Crippen LogP contribution in [-0.4, -0.2) is 24.9 Å². The summed E-state index contributed by atoms with van der Waals surface area (Å²) in [5.74, 6) is -0.0293. The van der Waals surface area contributed by atoms with Crippen LogP contribution < -0.4 is 16.0 Å². The van der Waals surface area contributed by atoms with Crippen LogP contribution in [0.4, 0.5) is 5.69 Å². The lowest BCUT2D eigenvalue weighted by molar-refractivity contribution is -0.129. The number of carbonyl (C=O) groups is 2. The number of rotatable bonds is 4. The second kappa shape index (κ2) is 7.61. The third kappa shape index (κ3) is 4.45. The predicted molar refractivity (Wildman–Crippen MR) is 90.1 cm³/mol. The number of nitrogens with one attached hydrogen (secondary N) is 3. The molecule has 1 aliphatic heterocycles. The van der Waals surface area contributed by atoms with Gasteiger partial charge in [0.15, 0.2) is 0 Å². The van der Waals surface area contributed by atoms with E-state index < -0.39 is 0 Å². The van der Waals surface area contributed by atoms with Gasteiger partial charge in [-0.3, -0.25) is 9.59 Å². The van der Waals surface area contributed by atoms with Crippen molar-refractivity contribution in [3.05, 3.63) is 29.8 Å².